The minimum Gasteiger partial charge on any atom is -0.128 e. The molecular weight excluding hydrogens is 308 g/mol. The molecule has 0 rings (SSSR count). The second-order valence-electron chi connectivity index (χ2n) is 10.7. The van der Waals surface area contributed by atoms with Crippen molar-refractivity contribution in [2.24, 2.45) is 16.2 Å². The minimum absolute atomic E-state index is 0.315. The van der Waals surface area contributed by atoms with E-state index in [1.165, 1.54) is 0 Å². The molecule has 0 amide bonds. The Labute approximate surface area is 158 Å². The lowest BCUT2D eigenvalue weighted by atomic mass is 9.94. The molecule has 0 N–H and O–H groups in total. The molecule has 0 aromatic heterocycles. The van der Waals surface area contributed by atoms with Crippen LogP contribution in [0.15, 0.2) is 35.8 Å². The summed E-state index contributed by atoms with van der Waals surface area (Å²) in [5, 5.41) is 2.21. The summed E-state index contributed by atoms with van der Waals surface area (Å²) in [5.74, 6) is 0. The lowest BCUT2D eigenvalue weighted by molar-refractivity contribution is 0.540. The van der Waals surface area contributed by atoms with Gasteiger partial charge in [-0.15, -0.1) is 11.8 Å². The predicted molar refractivity (Wildman–Crippen MR) is 118 cm³/mol. The summed E-state index contributed by atoms with van der Waals surface area (Å²) in [7, 11) is 0. The van der Waals surface area contributed by atoms with E-state index in [0.717, 1.165) is 6.42 Å². The van der Waals surface area contributed by atoms with Crippen molar-refractivity contribution in [3.8, 4) is 0 Å². The number of allylic oxidation sites excluding steroid dienone is 5. The Kier molecular flexibility index (Phi) is 11.3. The molecule has 0 aromatic rings. The van der Waals surface area contributed by atoms with Crippen LogP contribution in [0.25, 0.3) is 0 Å². The smallest absolute Gasteiger partial charge is 0.0116 e. The van der Waals surface area contributed by atoms with Gasteiger partial charge < -0.3 is 0 Å². The van der Waals surface area contributed by atoms with Gasteiger partial charge in [0.1, 0.15) is 0 Å². The van der Waals surface area contributed by atoms with Crippen LogP contribution in [0.2, 0.25) is 0 Å². The molecule has 0 aromatic carbocycles. The third kappa shape index (κ3) is 29.6. The summed E-state index contributed by atoms with van der Waals surface area (Å²) in [4.78, 5) is 0. The Bertz CT molecular complexity index is 373. The van der Waals surface area contributed by atoms with Gasteiger partial charge in [-0.3, -0.25) is 0 Å². The molecule has 0 nitrogen and oxygen atoms in total. The average molecular weight is 353 g/mol. The van der Waals surface area contributed by atoms with E-state index in [9.17, 15) is 0 Å². The maximum absolute atomic E-state index is 2.26. The summed E-state index contributed by atoms with van der Waals surface area (Å²) >= 11 is 1.88. The summed E-state index contributed by atoms with van der Waals surface area (Å²) in [5.41, 5.74) is 0.948. The fourth-order valence-corrected chi connectivity index (χ4v) is 2.25. The molecule has 0 heterocycles. The maximum Gasteiger partial charge on any atom is 0.0116 e. The molecule has 0 aliphatic heterocycles. The second kappa shape index (κ2) is 10.5. The summed E-state index contributed by atoms with van der Waals surface area (Å²) in [6, 6.07) is 0. The minimum atomic E-state index is 0.315. The molecule has 1 heteroatoms. The Morgan fingerprint density at radius 1 is 0.542 bits per heavy atom. The lowest BCUT2D eigenvalue weighted by Gasteiger charge is -2.16. The molecule has 0 aliphatic carbocycles. The fraction of sp³-hybridized carbons (Fsp3) is 0.739. The topological polar surface area (TPSA) is 0 Å². The molecule has 0 spiro atoms. The van der Waals surface area contributed by atoms with Crippen molar-refractivity contribution in [3.05, 3.63) is 35.8 Å². The second-order valence-corrected chi connectivity index (χ2v) is 12.4. The van der Waals surface area contributed by atoms with E-state index in [1.54, 1.807) is 0 Å². The highest BCUT2D eigenvalue weighted by atomic mass is 32.2. The molecule has 0 atom stereocenters. The van der Waals surface area contributed by atoms with E-state index >= 15 is 0 Å². The molecule has 0 fully saturated rings. The normalized spacial score (nSPS) is 14.5. The third-order valence-corrected chi connectivity index (χ3v) is 3.48. The van der Waals surface area contributed by atoms with Crippen molar-refractivity contribution in [1.82, 2.24) is 0 Å². The van der Waals surface area contributed by atoms with Crippen LogP contribution in [0.5, 0.6) is 0 Å². The van der Waals surface area contributed by atoms with E-state index in [0.29, 0.717) is 21.0 Å². The molecule has 142 valence electrons. The van der Waals surface area contributed by atoms with Gasteiger partial charge in [-0.2, -0.15) is 0 Å². The van der Waals surface area contributed by atoms with Gasteiger partial charge in [0.2, 0.25) is 0 Å². The van der Waals surface area contributed by atoms with E-state index < -0.39 is 0 Å². The first-order valence-electron chi connectivity index (χ1n) is 9.12. The molecule has 0 saturated carbocycles. The van der Waals surface area contributed by atoms with Crippen molar-refractivity contribution >= 4 is 11.8 Å². The molecule has 0 saturated heterocycles. The van der Waals surface area contributed by atoms with Gasteiger partial charge in [0, 0.05) is 4.75 Å². The lowest BCUT2D eigenvalue weighted by Crippen LogP contribution is -2.05. The number of rotatable bonds is 3. The molecule has 0 unspecified atom stereocenters. The standard InChI is InChI=1S/C13H24.C10H20S/c1-12(2,3)10-8-7-9-11-13(4,5)6;1-9(2,3)7-8-11-10(4,5)6/h8-11H,7H2,1-6H3;7-8H,1-6H3/b10-8-,11-9-;8-7-. The van der Waals surface area contributed by atoms with Gasteiger partial charge in [0.15, 0.2) is 0 Å². The van der Waals surface area contributed by atoms with Crippen molar-refractivity contribution in [2.75, 3.05) is 0 Å². The number of thioether (sulfide) groups is 1. The monoisotopic (exact) mass is 352 g/mol. The first-order valence-corrected chi connectivity index (χ1v) is 10.0. The van der Waals surface area contributed by atoms with Crippen molar-refractivity contribution in [2.45, 2.75) is 94.3 Å². The van der Waals surface area contributed by atoms with Crippen LogP contribution in [-0.2, 0) is 0 Å². The Balaban J connectivity index is 0. The van der Waals surface area contributed by atoms with Crippen LogP contribution in [0.3, 0.4) is 0 Å². The molecule has 24 heavy (non-hydrogen) atoms. The van der Waals surface area contributed by atoms with Crippen molar-refractivity contribution in [1.29, 1.82) is 0 Å². The Hall–Kier alpha value is -0.430. The molecule has 0 aliphatic rings. The van der Waals surface area contributed by atoms with E-state index in [1.807, 2.05) is 11.8 Å². The summed E-state index contributed by atoms with van der Waals surface area (Å²) < 4.78 is 0.349. The zero-order valence-electron chi connectivity index (χ0n) is 18.6. The van der Waals surface area contributed by atoms with Gasteiger partial charge >= 0.3 is 0 Å². The predicted octanol–water partition coefficient (Wildman–Crippen LogP) is 8.66. The highest BCUT2D eigenvalue weighted by Gasteiger charge is 2.09. The van der Waals surface area contributed by atoms with Crippen LogP contribution in [-0.4, -0.2) is 4.75 Å². The zero-order chi connectivity index (χ0) is 19.7. The van der Waals surface area contributed by atoms with Crippen molar-refractivity contribution in [3.63, 3.8) is 0 Å². The summed E-state index contributed by atoms with van der Waals surface area (Å²) in [6.07, 6.45) is 12.3. The van der Waals surface area contributed by atoms with Crippen LogP contribution < -0.4 is 0 Å². The summed E-state index contributed by atoms with van der Waals surface area (Å²) in [6.45, 7) is 26.6. The SMILES string of the molecule is CC(C)(C)/C=C\C/C=C\C(C)(C)C.CC(C)(C)/C=C\SC(C)(C)C. The van der Waals surface area contributed by atoms with Crippen molar-refractivity contribution < 1.29 is 0 Å². The largest absolute Gasteiger partial charge is 0.128 e. The Morgan fingerprint density at radius 3 is 1.12 bits per heavy atom. The quantitative estimate of drug-likeness (QED) is 0.458. The third-order valence-electron chi connectivity index (χ3n) is 2.50. The maximum atomic E-state index is 2.26. The first-order chi connectivity index (χ1) is 10.4. The first kappa shape index (κ1) is 25.8. The Morgan fingerprint density at radius 2 is 0.875 bits per heavy atom. The van der Waals surface area contributed by atoms with Gasteiger partial charge in [0.25, 0.3) is 0 Å². The van der Waals surface area contributed by atoms with Gasteiger partial charge in [-0.1, -0.05) is 113 Å². The van der Waals surface area contributed by atoms with Crippen LogP contribution >= 0.6 is 11.8 Å². The highest BCUT2D eigenvalue weighted by molar-refractivity contribution is 8.03. The number of hydrogen-bond acceptors (Lipinski definition) is 1. The average Bonchev–Trinajstić information content (AvgIpc) is 2.22. The highest BCUT2D eigenvalue weighted by Crippen LogP contribution is 2.26. The van der Waals surface area contributed by atoms with Crippen LogP contribution in [0.1, 0.15) is 89.5 Å². The zero-order valence-corrected chi connectivity index (χ0v) is 19.4. The van der Waals surface area contributed by atoms with Crippen LogP contribution in [0, 0.1) is 16.2 Å². The van der Waals surface area contributed by atoms with Gasteiger partial charge in [-0.25, -0.2) is 0 Å². The molecular formula is C23H44S. The number of hydrogen-bond donors (Lipinski definition) is 0. The van der Waals surface area contributed by atoms with Gasteiger partial charge in [0.05, 0.1) is 0 Å². The van der Waals surface area contributed by atoms with Crippen LogP contribution in [0.4, 0.5) is 0 Å². The van der Waals surface area contributed by atoms with Gasteiger partial charge in [-0.05, 0) is 28.1 Å². The van der Waals surface area contributed by atoms with E-state index in [4.69, 9.17) is 0 Å². The fourth-order valence-electron chi connectivity index (χ4n) is 1.36. The van der Waals surface area contributed by atoms with E-state index in [2.05, 4.69) is 119 Å². The molecule has 0 radical (unpaired) electrons. The molecule has 0 bridgehead atoms. The van der Waals surface area contributed by atoms with E-state index in [-0.39, 0.29) is 0 Å².